The first-order valence-electron chi connectivity index (χ1n) is 11.0. The minimum absolute atomic E-state index is 0.00853. The van der Waals surface area contributed by atoms with Crippen molar-refractivity contribution in [2.24, 2.45) is 5.92 Å². The van der Waals surface area contributed by atoms with Crippen molar-refractivity contribution < 1.29 is 14.4 Å². The maximum absolute atomic E-state index is 13.2. The smallest absolute Gasteiger partial charge is 0.221 e. The van der Waals surface area contributed by atoms with E-state index >= 15 is 0 Å². The summed E-state index contributed by atoms with van der Waals surface area (Å²) >= 11 is 12.0. The number of ketones is 2. The Hall–Kier alpha value is -2.89. The minimum atomic E-state index is -0.836. The van der Waals surface area contributed by atoms with E-state index in [1.165, 1.54) is 0 Å². The molecule has 0 spiro atoms. The van der Waals surface area contributed by atoms with Gasteiger partial charge in [0.25, 0.3) is 0 Å². The zero-order chi connectivity index (χ0) is 25.0. The number of aryl methyl sites for hydroxylation is 2. The number of amides is 1. The molecule has 1 aliphatic carbocycles. The van der Waals surface area contributed by atoms with E-state index in [1.807, 2.05) is 50.1 Å². The monoisotopic (exact) mass is 498 g/mol. The van der Waals surface area contributed by atoms with Gasteiger partial charge in [-0.2, -0.15) is 0 Å². The predicted octanol–water partition coefficient (Wildman–Crippen LogP) is 5.61. The van der Waals surface area contributed by atoms with Crippen LogP contribution in [0.3, 0.4) is 0 Å². The van der Waals surface area contributed by atoms with Crippen LogP contribution in [0.2, 0.25) is 5.02 Å². The van der Waals surface area contributed by atoms with Crippen LogP contribution in [0.5, 0.6) is 0 Å². The molecule has 2 unspecified atom stereocenters. The maximum atomic E-state index is 13.2. The summed E-state index contributed by atoms with van der Waals surface area (Å²) in [5.41, 5.74) is 4.18. The van der Waals surface area contributed by atoms with E-state index in [9.17, 15) is 14.4 Å². The second-order valence-corrected chi connectivity index (χ2v) is 9.51. The number of Topliss-reactive ketones (excluding diaryl/α,β-unsaturated/α-hetero) is 2. The summed E-state index contributed by atoms with van der Waals surface area (Å²) in [6.45, 7) is 7.75. The van der Waals surface area contributed by atoms with Crippen LogP contribution in [0.25, 0.3) is 0 Å². The number of anilines is 1. The van der Waals surface area contributed by atoms with Crippen LogP contribution >= 0.6 is 23.2 Å². The van der Waals surface area contributed by atoms with E-state index in [0.717, 1.165) is 27.9 Å². The Morgan fingerprint density at radius 2 is 1.88 bits per heavy atom. The largest absolute Gasteiger partial charge is 0.352 e. The molecule has 178 valence electrons. The number of rotatable bonds is 8. The molecule has 1 aliphatic rings. The lowest BCUT2D eigenvalue weighted by Gasteiger charge is -2.21. The third kappa shape index (κ3) is 5.96. The van der Waals surface area contributed by atoms with Gasteiger partial charge in [0.2, 0.25) is 5.91 Å². The van der Waals surface area contributed by atoms with Crippen LogP contribution in [0.4, 0.5) is 5.69 Å². The number of nitrogens with zero attached hydrogens (tertiary/aromatic N) is 1. The molecule has 5 nitrogen and oxygen atoms in total. The van der Waals surface area contributed by atoms with Crippen molar-refractivity contribution in [1.82, 2.24) is 5.32 Å². The Balaban J connectivity index is 1.72. The number of benzene rings is 2. The van der Waals surface area contributed by atoms with Gasteiger partial charge in [0.15, 0.2) is 5.78 Å². The van der Waals surface area contributed by atoms with Gasteiger partial charge in [0.1, 0.15) is 11.7 Å². The molecule has 7 heteroatoms. The van der Waals surface area contributed by atoms with Crippen molar-refractivity contribution in [3.05, 3.63) is 87.6 Å². The highest BCUT2D eigenvalue weighted by atomic mass is 35.5. The second-order valence-electron chi connectivity index (χ2n) is 8.64. The van der Waals surface area contributed by atoms with Crippen molar-refractivity contribution in [2.45, 2.75) is 39.2 Å². The lowest BCUT2D eigenvalue weighted by molar-refractivity contribution is -0.128. The lowest BCUT2D eigenvalue weighted by Crippen LogP contribution is -2.27. The molecule has 0 heterocycles. The summed E-state index contributed by atoms with van der Waals surface area (Å²) in [7, 11) is 1.86. The third-order valence-electron chi connectivity index (χ3n) is 6.05. The molecule has 0 aromatic heterocycles. The van der Waals surface area contributed by atoms with Crippen LogP contribution in [0, 0.1) is 19.8 Å². The van der Waals surface area contributed by atoms with E-state index in [1.54, 1.807) is 24.4 Å². The topological polar surface area (TPSA) is 66.5 Å². The highest BCUT2D eigenvalue weighted by Gasteiger charge is 2.43. The average Bonchev–Trinajstić information content (AvgIpc) is 3.04. The Kier molecular flexibility index (Phi) is 8.34. The van der Waals surface area contributed by atoms with Gasteiger partial charge in [0, 0.05) is 49.3 Å². The lowest BCUT2D eigenvalue weighted by atomic mass is 9.86. The standard InChI is InChI=1S/C27H28Cl2N2O3/c1-5-20(28)15-31(4)22-9-16(2)25(17(3)10-22)26-23(32)12-19(27(26)34)13-24(33)30-14-18-7-6-8-21(29)11-18/h5-11,15,19,26H,1,12-14H2,2-4H3,(H,30,33)/b20-15+. The first-order chi connectivity index (χ1) is 16.1. The summed E-state index contributed by atoms with van der Waals surface area (Å²) in [4.78, 5) is 40.4. The molecule has 0 aliphatic heterocycles. The molecule has 0 radical (unpaired) electrons. The number of nitrogens with one attached hydrogen (secondary N) is 1. The highest BCUT2D eigenvalue weighted by molar-refractivity contribution is 6.31. The van der Waals surface area contributed by atoms with Gasteiger partial charge in [-0.25, -0.2) is 0 Å². The van der Waals surface area contributed by atoms with Crippen LogP contribution in [-0.2, 0) is 20.9 Å². The van der Waals surface area contributed by atoms with Gasteiger partial charge >= 0.3 is 0 Å². The molecule has 2 aromatic rings. The molecule has 1 saturated carbocycles. The Morgan fingerprint density at radius 1 is 1.21 bits per heavy atom. The van der Waals surface area contributed by atoms with E-state index in [0.29, 0.717) is 16.6 Å². The second kappa shape index (κ2) is 11.0. The fraction of sp³-hybridized carbons (Fsp3) is 0.296. The van der Waals surface area contributed by atoms with Crippen molar-refractivity contribution in [3.63, 3.8) is 0 Å². The Bertz CT molecular complexity index is 1150. The number of carbonyl (C=O) groups is 3. The average molecular weight is 499 g/mol. The zero-order valence-corrected chi connectivity index (χ0v) is 21.0. The minimum Gasteiger partial charge on any atom is -0.352 e. The van der Waals surface area contributed by atoms with Crippen molar-refractivity contribution in [1.29, 1.82) is 0 Å². The summed E-state index contributed by atoms with van der Waals surface area (Å²) < 4.78 is 0. The number of hydrogen-bond donors (Lipinski definition) is 1. The first kappa shape index (κ1) is 25.7. The molecule has 2 atom stereocenters. The SMILES string of the molecule is C=C/C(Cl)=C\N(C)c1cc(C)c(C2C(=O)CC(CC(=O)NCc3cccc(Cl)c3)C2=O)c(C)c1. The van der Waals surface area contributed by atoms with Gasteiger partial charge in [-0.3, -0.25) is 14.4 Å². The van der Waals surface area contributed by atoms with Gasteiger partial charge in [-0.05, 0) is 66.4 Å². The van der Waals surface area contributed by atoms with Crippen LogP contribution in [0.15, 0.2) is 60.3 Å². The normalized spacial score (nSPS) is 18.2. The van der Waals surface area contributed by atoms with Crippen LogP contribution in [-0.4, -0.2) is 24.5 Å². The van der Waals surface area contributed by atoms with Gasteiger partial charge in [-0.1, -0.05) is 41.9 Å². The number of halogens is 2. The molecule has 1 amide bonds. The number of allylic oxidation sites excluding steroid dienone is 2. The Labute approximate surface area is 210 Å². The predicted molar refractivity (Wildman–Crippen MR) is 137 cm³/mol. The van der Waals surface area contributed by atoms with E-state index in [2.05, 4.69) is 11.9 Å². The fourth-order valence-corrected chi connectivity index (χ4v) is 4.76. The molecular formula is C27H28Cl2N2O3. The van der Waals surface area contributed by atoms with Gasteiger partial charge in [0.05, 0.1) is 5.03 Å². The van der Waals surface area contributed by atoms with Gasteiger partial charge < -0.3 is 10.2 Å². The molecule has 1 fully saturated rings. The number of hydrogen-bond acceptors (Lipinski definition) is 4. The van der Waals surface area contributed by atoms with E-state index in [-0.39, 0.29) is 30.3 Å². The Morgan fingerprint density at radius 3 is 2.50 bits per heavy atom. The summed E-state index contributed by atoms with van der Waals surface area (Å²) in [5.74, 6) is -2.04. The molecule has 1 N–H and O–H groups in total. The molecule has 2 aromatic carbocycles. The van der Waals surface area contributed by atoms with Crippen molar-refractivity contribution in [3.8, 4) is 0 Å². The quantitative estimate of drug-likeness (QED) is 0.379. The number of carbonyl (C=O) groups excluding carboxylic acids is 3. The van der Waals surface area contributed by atoms with Gasteiger partial charge in [-0.15, -0.1) is 0 Å². The first-order valence-corrected chi connectivity index (χ1v) is 11.8. The summed E-state index contributed by atoms with van der Waals surface area (Å²) in [6.07, 6.45) is 3.36. The van der Waals surface area contributed by atoms with E-state index in [4.69, 9.17) is 23.2 Å². The molecular weight excluding hydrogens is 471 g/mol. The highest BCUT2D eigenvalue weighted by Crippen LogP contribution is 2.38. The molecule has 0 bridgehead atoms. The van der Waals surface area contributed by atoms with E-state index < -0.39 is 11.8 Å². The summed E-state index contributed by atoms with van der Waals surface area (Å²) in [5, 5.41) is 3.91. The molecule has 34 heavy (non-hydrogen) atoms. The van der Waals surface area contributed by atoms with Crippen LogP contribution < -0.4 is 10.2 Å². The zero-order valence-electron chi connectivity index (χ0n) is 19.5. The maximum Gasteiger partial charge on any atom is 0.221 e. The van der Waals surface area contributed by atoms with Crippen molar-refractivity contribution in [2.75, 3.05) is 11.9 Å². The van der Waals surface area contributed by atoms with Crippen molar-refractivity contribution >= 4 is 46.4 Å². The fourth-order valence-electron chi connectivity index (χ4n) is 4.40. The third-order valence-corrected chi connectivity index (χ3v) is 6.54. The summed E-state index contributed by atoms with van der Waals surface area (Å²) in [6, 6.07) is 11.1. The molecule has 0 saturated heterocycles. The molecule has 3 rings (SSSR count). The van der Waals surface area contributed by atoms with Crippen LogP contribution in [0.1, 0.15) is 41.0 Å².